The molecule has 0 bridgehead atoms. The van der Waals surface area contributed by atoms with Gasteiger partial charge in [0, 0.05) is 6.54 Å². The summed E-state index contributed by atoms with van der Waals surface area (Å²) in [6, 6.07) is 12.9. The normalized spacial score (nSPS) is 12.4. The molecule has 0 saturated carbocycles. The maximum absolute atomic E-state index is 13.4. The lowest BCUT2D eigenvalue weighted by Gasteiger charge is -2.14. The Bertz CT molecular complexity index is 1360. The Hall–Kier alpha value is -3.40. The van der Waals surface area contributed by atoms with Crippen molar-refractivity contribution in [2.24, 2.45) is 10.9 Å². The number of ether oxygens (including phenoxy) is 2. The maximum atomic E-state index is 13.4. The Labute approximate surface area is 204 Å². The van der Waals surface area contributed by atoms with Crippen LogP contribution in [0.2, 0.25) is 0 Å². The maximum Gasteiger partial charge on any atom is 0.335 e. The molecule has 0 amide bonds. The van der Waals surface area contributed by atoms with Crippen LogP contribution >= 0.6 is 15.9 Å². The Morgan fingerprint density at radius 3 is 2.47 bits per heavy atom. The van der Waals surface area contributed by atoms with Gasteiger partial charge >= 0.3 is 17.3 Å². The summed E-state index contributed by atoms with van der Waals surface area (Å²) in [4.78, 5) is 45.3. The predicted octanol–water partition coefficient (Wildman–Crippen LogP) is 2.90. The summed E-state index contributed by atoms with van der Waals surface area (Å²) in [6.07, 6.45) is 0. The molecular weight excluding hydrogens is 504 g/mol. The number of aromatic nitrogens is 3. The zero-order chi connectivity index (χ0) is 24.8. The van der Waals surface area contributed by atoms with Gasteiger partial charge in [0.2, 0.25) is 5.62 Å². The fourth-order valence-corrected chi connectivity index (χ4v) is 3.81. The van der Waals surface area contributed by atoms with Crippen LogP contribution in [-0.2, 0) is 22.6 Å². The zero-order valence-electron chi connectivity index (χ0n) is 19.5. The first-order valence-corrected chi connectivity index (χ1v) is 11.6. The summed E-state index contributed by atoms with van der Waals surface area (Å²) in [5.74, 6) is -0.527. The lowest BCUT2D eigenvalue weighted by molar-refractivity contribution is -0.145. The van der Waals surface area contributed by atoms with E-state index in [9.17, 15) is 14.4 Å². The molecule has 0 unspecified atom stereocenters. The number of hydrogen-bond acceptors (Lipinski definition) is 6. The van der Waals surface area contributed by atoms with Crippen LogP contribution in [0.1, 0.15) is 25.0 Å². The number of methoxy groups -OCH3 is 1. The van der Waals surface area contributed by atoms with Gasteiger partial charge in [-0.05, 0) is 53.5 Å². The number of nitrogens with one attached hydrogen (secondary N) is 1. The molecule has 2 aromatic carbocycles. The molecule has 34 heavy (non-hydrogen) atoms. The van der Waals surface area contributed by atoms with Gasteiger partial charge in [-0.1, -0.05) is 36.8 Å². The SMILES string of the molecule is CCOc1ccc(/N=c2\[nH]c(=O)n(C[C@H](C)C(=O)OC)c(=O)n2Cc2ccc(C)cc2)cc1Br. The summed E-state index contributed by atoms with van der Waals surface area (Å²) in [5, 5.41) is 0. The summed E-state index contributed by atoms with van der Waals surface area (Å²) in [6.45, 7) is 6.03. The van der Waals surface area contributed by atoms with Crippen molar-refractivity contribution in [3.63, 3.8) is 0 Å². The topological polar surface area (TPSA) is 108 Å². The summed E-state index contributed by atoms with van der Waals surface area (Å²) in [7, 11) is 1.26. The van der Waals surface area contributed by atoms with Gasteiger partial charge in [-0.3, -0.25) is 14.3 Å². The van der Waals surface area contributed by atoms with Gasteiger partial charge in [-0.25, -0.2) is 19.1 Å². The first kappa shape index (κ1) is 25.2. The minimum Gasteiger partial charge on any atom is -0.493 e. The lowest BCUT2D eigenvalue weighted by atomic mass is 10.1. The van der Waals surface area contributed by atoms with Crippen LogP contribution in [0.5, 0.6) is 5.75 Å². The molecule has 9 nitrogen and oxygen atoms in total. The first-order chi connectivity index (χ1) is 16.2. The molecule has 0 spiro atoms. The summed E-state index contributed by atoms with van der Waals surface area (Å²) < 4.78 is 13.3. The minimum absolute atomic E-state index is 0.0913. The number of nitrogens with zero attached hydrogens (tertiary/aromatic N) is 3. The zero-order valence-corrected chi connectivity index (χ0v) is 21.1. The van der Waals surface area contributed by atoms with Crippen LogP contribution < -0.4 is 21.7 Å². The number of H-pyrrole nitrogens is 1. The molecule has 1 atom stereocenters. The van der Waals surface area contributed by atoms with Crippen molar-refractivity contribution in [3.05, 3.63) is 84.7 Å². The largest absolute Gasteiger partial charge is 0.493 e. The number of aryl methyl sites for hydroxylation is 1. The third kappa shape index (κ3) is 5.93. The van der Waals surface area contributed by atoms with Gasteiger partial charge in [0.1, 0.15) is 5.75 Å². The van der Waals surface area contributed by atoms with Gasteiger partial charge in [0.15, 0.2) is 0 Å². The average Bonchev–Trinajstić information content (AvgIpc) is 2.81. The number of esters is 1. The van der Waals surface area contributed by atoms with Crippen LogP contribution in [0, 0.1) is 12.8 Å². The monoisotopic (exact) mass is 530 g/mol. The van der Waals surface area contributed by atoms with Crippen molar-refractivity contribution >= 4 is 27.6 Å². The number of aromatic amines is 1. The second-order valence-electron chi connectivity index (χ2n) is 7.80. The van der Waals surface area contributed by atoms with Crippen LogP contribution in [0.4, 0.5) is 5.69 Å². The van der Waals surface area contributed by atoms with Gasteiger partial charge in [-0.2, -0.15) is 0 Å². The Morgan fingerprint density at radius 2 is 1.85 bits per heavy atom. The van der Waals surface area contributed by atoms with E-state index >= 15 is 0 Å². The van der Waals surface area contributed by atoms with Crippen LogP contribution in [0.3, 0.4) is 0 Å². The second kappa shape index (κ2) is 11.1. The highest BCUT2D eigenvalue weighted by atomic mass is 79.9. The van der Waals surface area contributed by atoms with E-state index in [2.05, 4.69) is 25.9 Å². The van der Waals surface area contributed by atoms with E-state index in [0.29, 0.717) is 22.5 Å². The molecule has 3 rings (SSSR count). The number of carbonyl (C=O) groups is 1. The highest BCUT2D eigenvalue weighted by Gasteiger charge is 2.18. The van der Waals surface area contributed by atoms with Crippen molar-refractivity contribution in [2.45, 2.75) is 33.9 Å². The number of hydrogen-bond donors (Lipinski definition) is 1. The highest BCUT2D eigenvalue weighted by molar-refractivity contribution is 9.10. The quantitative estimate of drug-likeness (QED) is 0.450. The van der Waals surface area contributed by atoms with Gasteiger partial charge in [0.05, 0.1) is 36.3 Å². The van der Waals surface area contributed by atoms with Crippen molar-refractivity contribution < 1.29 is 14.3 Å². The number of halogens is 1. The van der Waals surface area contributed by atoms with Gasteiger partial charge < -0.3 is 9.47 Å². The molecule has 1 heterocycles. The standard InChI is InChI=1S/C24H27BrN4O5/c1-5-34-20-11-10-18(12-19(20)25)26-22-27-23(31)29(13-16(3)21(30)33-4)24(32)28(22)14-17-8-6-15(2)7-9-17/h6-12,16H,5,13-14H2,1-4H3,(H,26,27,31)/t16-/m0/s1. The number of rotatable bonds is 8. The fraction of sp³-hybridized carbons (Fsp3) is 0.333. The molecule has 3 aromatic rings. The predicted molar refractivity (Wildman–Crippen MR) is 131 cm³/mol. The minimum atomic E-state index is -0.679. The molecule has 0 aliphatic rings. The van der Waals surface area contributed by atoms with Crippen molar-refractivity contribution in [3.8, 4) is 5.75 Å². The Kier molecular flexibility index (Phi) is 8.27. The molecule has 1 N–H and O–H groups in total. The number of carbonyl (C=O) groups excluding carboxylic acids is 1. The molecule has 0 radical (unpaired) electrons. The molecular formula is C24H27BrN4O5. The second-order valence-corrected chi connectivity index (χ2v) is 8.66. The van der Waals surface area contributed by atoms with Crippen LogP contribution in [-0.4, -0.2) is 33.8 Å². The molecule has 10 heteroatoms. The van der Waals surface area contributed by atoms with Crippen molar-refractivity contribution in [1.29, 1.82) is 0 Å². The molecule has 0 saturated heterocycles. The van der Waals surface area contributed by atoms with Crippen LogP contribution in [0.15, 0.2) is 61.5 Å². The van der Waals surface area contributed by atoms with Gasteiger partial charge in [0.25, 0.3) is 0 Å². The Balaban J connectivity index is 2.16. The first-order valence-electron chi connectivity index (χ1n) is 10.8. The van der Waals surface area contributed by atoms with E-state index in [1.165, 1.54) is 11.7 Å². The van der Waals surface area contributed by atoms with Crippen molar-refractivity contribution in [1.82, 2.24) is 14.1 Å². The molecule has 0 aliphatic carbocycles. The van der Waals surface area contributed by atoms with E-state index in [-0.39, 0.29) is 18.7 Å². The van der Waals surface area contributed by atoms with Crippen LogP contribution in [0.25, 0.3) is 0 Å². The molecule has 1 aromatic heterocycles. The van der Waals surface area contributed by atoms with Gasteiger partial charge in [-0.15, -0.1) is 0 Å². The van der Waals surface area contributed by atoms with E-state index in [4.69, 9.17) is 9.47 Å². The number of benzene rings is 2. The van der Waals surface area contributed by atoms with E-state index in [1.54, 1.807) is 25.1 Å². The fourth-order valence-electron chi connectivity index (χ4n) is 3.33. The summed E-state index contributed by atoms with van der Waals surface area (Å²) in [5.41, 5.74) is 1.31. The molecule has 0 aliphatic heterocycles. The Morgan fingerprint density at radius 1 is 1.15 bits per heavy atom. The van der Waals surface area contributed by atoms with E-state index in [0.717, 1.165) is 15.7 Å². The summed E-state index contributed by atoms with van der Waals surface area (Å²) >= 11 is 3.46. The molecule has 180 valence electrons. The van der Waals surface area contributed by atoms with E-state index < -0.39 is 23.3 Å². The van der Waals surface area contributed by atoms with E-state index in [1.807, 2.05) is 38.1 Å². The smallest absolute Gasteiger partial charge is 0.335 e. The average molecular weight is 531 g/mol. The third-order valence-electron chi connectivity index (χ3n) is 5.15. The molecule has 0 fully saturated rings. The lowest BCUT2D eigenvalue weighted by Crippen LogP contribution is -2.51. The third-order valence-corrected chi connectivity index (χ3v) is 5.77. The van der Waals surface area contributed by atoms with Crippen molar-refractivity contribution in [2.75, 3.05) is 13.7 Å². The highest BCUT2D eigenvalue weighted by Crippen LogP contribution is 2.29.